The summed E-state index contributed by atoms with van der Waals surface area (Å²) in [4.78, 5) is 2.47. The van der Waals surface area contributed by atoms with Crippen LogP contribution in [0, 0.1) is 0 Å². The zero-order valence-electron chi connectivity index (χ0n) is 12.6. The first-order chi connectivity index (χ1) is 10.2. The van der Waals surface area contributed by atoms with Crippen molar-refractivity contribution in [1.82, 2.24) is 5.32 Å². The summed E-state index contributed by atoms with van der Waals surface area (Å²) in [5.74, 6) is 0. The lowest BCUT2D eigenvalue weighted by Gasteiger charge is -2.17. The molecule has 2 rings (SSSR count). The van der Waals surface area contributed by atoms with Gasteiger partial charge >= 0.3 is 0 Å². The minimum Gasteiger partial charge on any atom is -0.310 e. The number of nitrogens with one attached hydrogen (secondary N) is 1. The van der Waals surface area contributed by atoms with E-state index in [9.17, 15) is 0 Å². The number of rotatable bonds is 7. The van der Waals surface area contributed by atoms with Gasteiger partial charge in [0, 0.05) is 20.9 Å². The van der Waals surface area contributed by atoms with Crippen molar-refractivity contribution in [3.05, 3.63) is 59.1 Å². The molecule has 0 aliphatic carbocycles. The van der Waals surface area contributed by atoms with Gasteiger partial charge in [-0.15, -0.1) is 0 Å². The SMILES string of the molecule is CCCNC(CC)c1ccc(Sc2ccc(Cl)cc2)cc1. The van der Waals surface area contributed by atoms with Crippen molar-refractivity contribution < 1.29 is 0 Å². The second-order valence-corrected chi connectivity index (χ2v) is 6.62. The summed E-state index contributed by atoms with van der Waals surface area (Å²) in [7, 11) is 0. The second kappa shape index (κ2) is 8.47. The first kappa shape index (κ1) is 16.4. The third kappa shape index (κ3) is 5.06. The normalized spacial score (nSPS) is 12.3. The summed E-state index contributed by atoms with van der Waals surface area (Å²) >= 11 is 7.67. The highest BCUT2D eigenvalue weighted by atomic mass is 35.5. The minimum absolute atomic E-state index is 0.458. The summed E-state index contributed by atoms with van der Waals surface area (Å²) < 4.78 is 0. The lowest BCUT2D eigenvalue weighted by Crippen LogP contribution is -2.21. The third-order valence-electron chi connectivity index (χ3n) is 3.38. The molecule has 0 saturated carbocycles. The highest BCUT2D eigenvalue weighted by molar-refractivity contribution is 7.99. The fourth-order valence-corrected chi connectivity index (χ4v) is 3.17. The highest BCUT2D eigenvalue weighted by Crippen LogP contribution is 2.29. The Balaban J connectivity index is 2.02. The van der Waals surface area contributed by atoms with Crippen LogP contribution < -0.4 is 5.32 Å². The van der Waals surface area contributed by atoms with Gasteiger partial charge in [0.05, 0.1) is 0 Å². The van der Waals surface area contributed by atoms with E-state index in [0.717, 1.165) is 18.0 Å². The summed E-state index contributed by atoms with van der Waals surface area (Å²) in [6.07, 6.45) is 2.28. The molecule has 1 N–H and O–H groups in total. The van der Waals surface area contributed by atoms with E-state index in [1.807, 2.05) is 12.1 Å². The molecule has 1 atom stereocenters. The van der Waals surface area contributed by atoms with Crippen molar-refractivity contribution in [3.8, 4) is 0 Å². The zero-order valence-corrected chi connectivity index (χ0v) is 14.2. The number of hydrogen-bond acceptors (Lipinski definition) is 2. The maximum atomic E-state index is 5.91. The van der Waals surface area contributed by atoms with E-state index < -0.39 is 0 Å². The van der Waals surface area contributed by atoms with Gasteiger partial charge in [0.1, 0.15) is 0 Å². The van der Waals surface area contributed by atoms with Gasteiger partial charge in [-0.2, -0.15) is 0 Å². The smallest absolute Gasteiger partial charge is 0.0406 e. The summed E-state index contributed by atoms with van der Waals surface area (Å²) in [5.41, 5.74) is 1.37. The Kier molecular flexibility index (Phi) is 6.62. The summed E-state index contributed by atoms with van der Waals surface area (Å²) in [5, 5.41) is 4.37. The average molecular weight is 320 g/mol. The van der Waals surface area contributed by atoms with Crippen LogP contribution in [0.5, 0.6) is 0 Å². The van der Waals surface area contributed by atoms with Gasteiger partial charge in [-0.25, -0.2) is 0 Å². The fourth-order valence-electron chi connectivity index (χ4n) is 2.22. The monoisotopic (exact) mass is 319 g/mol. The first-order valence-corrected chi connectivity index (χ1v) is 8.69. The predicted molar refractivity (Wildman–Crippen MR) is 93.3 cm³/mol. The maximum absolute atomic E-state index is 5.91. The molecule has 0 radical (unpaired) electrons. The molecule has 0 aliphatic heterocycles. The molecule has 21 heavy (non-hydrogen) atoms. The van der Waals surface area contributed by atoms with Gasteiger partial charge in [0.15, 0.2) is 0 Å². The maximum Gasteiger partial charge on any atom is 0.0406 e. The molecule has 0 aliphatic rings. The Bertz CT molecular complexity index is 536. The van der Waals surface area contributed by atoms with Crippen molar-refractivity contribution in [2.75, 3.05) is 6.54 Å². The van der Waals surface area contributed by atoms with E-state index in [2.05, 4.69) is 55.6 Å². The Morgan fingerprint density at radius 3 is 2.05 bits per heavy atom. The first-order valence-electron chi connectivity index (χ1n) is 7.49. The van der Waals surface area contributed by atoms with E-state index in [0.29, 0.717) is 6.04 Å². The van der Waals surface area contributed by atoms with Crippen LogP contribution in [0.4, 0.5) is 0 Å². The molecule has 0 aromatic heterocycles. The van der Waals surface area contributed by atoms with E-state index in [1.165, 1.54) is 21.8 Å². The Labute approximate surface area is 137 Å². The third-order valence-corrected chi connectivity index (χ3v) is 4.65. The molecule has 0 amide bonds. The molecule has 1 unspecified atom stereocenters. The van der Waals surface area contributed by atoms with Crippen LogP contribution in [0.25, 0.3) is 0 Å². The molecular formula is C18H22ClNS. The van der Waals surface area contributed by atoms with Gasteiger partial charge in [-0.1, -0.05) is 49.3 Å². The van der Waals surface area contributed by atoms with E-state index in [4.69, 9.17) is 11.6 Å². The molecule has 3 heteroatoms. The standard InChI is InChI=1S/C18H22ClNS/c1-3-13-20-18(4-2)14-5-9-16(10-6-14)21-17-11-7-15(19)8-12-17/h5-12,18,20H,3-4,13H2,1-2H3. The fraction of sp³-hybridized carbons (Fsp3) is 0.333. The quantitative estimate of drug-likeness (QED) is 0.677. The second-order valence-electron chi connectivity index (χ2n) is 5.04. The number of halogens is 1. The molecule has 0 fully saturated rings. The van der Waals surface area contributed by atoms with Crippen LogP contribution >= 0.6 is 23.4 Å². The van der Waals surface area contributed by atoms with Gasteiger partial charge in [-0.3, -0.25) is 0 Å². The molecule has 2 aromatic carbocycles. The Morgan fingerprint density at radius 2 is 1.52 bits per heavy atom. The lowest BCUT2D eigenvalue weighted by molar-refractivity contribution is 0.518. The van der Waals surface area contributed by atoms with Crippen molar-refractivity contribution in [2.24, 2.45) is 0 Å². The topological polar surface area (TPSA) is 12.0 Å². The largest absolute Gasteiger partial charge is 0.310 e. The molecule has 0 spiro atoms. The van der Waals surface area contributed by atoms with E-state index in [1.54, 1.807) is 11.8 Å². The van der Waals surface area contributed by atoms with E-state index in [-0.39, 0.29) is 0 Å². The summed E-state index contributed by atoms with van der Waals surface area (Å²) in [6.45, 7) is 5.50. The van der Waals surface area contributed by atoms with Crippen LogP contribution in [-0.4, -0.2) is 6.54 Å². The molecule has 112 valence electrons. The molecule has 1 nitrogen and oxygen atoms in total. The van der Waals surface area contributed by atoms with Crippen LogP contribution in [0.2, 0.25) is 5.02 Å². The van der Waals surface area contributed by atoms with Crippen LogP contribution in [0.3, 0.4) is 0 Å². The molecule has 0 saturated heterocycles. The minimum atomic E-state index is 0.458. The zero-order chi connectivity index (χ0) is 15.1. The Hall–Kier alpha value is -0.960. The Morgan fingerprint density at radius 1 is 0.952 bits per heavy atom. The van der Waals surface area contributed by atoms with Crippen LogP contribution in [-0.2, 0) is 0 Å². The van der Waals surface area contributed by atoms with Gasteiger partial charge in [0.25, 0.3) is 0 Å². The summed E-state index contributed by atoms with van der Waals surface area (Å²) in [6, 6.07) is 17.3. The van der Waals surface area contributed by atoms with Crippen molar-refractivity contribution >= 4 is 23.4 Å². The number of benzene rings is 2. The van der Waals surface area contributed by atoms with Gasteiger partial charge in [-0.05, 0) is 61.3 Å². The van der Waals surface area contributed by atoms with Crippen molar-refractivity contribution in [2.45, 2.75) is 42.5 Å². The molecule has 0 bridgehead atoms. The predicted octanol–water partition coefficient (Wildman–Crippen LogP) is 5.94. The highest BCUT2D eigenvalue weighted by Gasteiger charge is 2.08. The van der Waals surface area contributed by atoms with Gasteiger partial charge in [0.2, 0.25) is 0 Å². The lowest BCUT2D eigenvalue weighted by atomic mass is 10.0. The van der Waals surface area contributed by atoms with Crippen LogP contribution in [0.15, 0.2) is 58.3 Å². The van der Waals surface area contributed by atoms with Crippen LogP contribution in [0.1, 0.15) is 38.3 Å². The molecule has 0 heterocycles. The van der Waals surface area contributed by atoms with Gasteiger partial charge < -0.3 is 5.32 Å². The van der Waals surface area contributed by atoms with Crippen molar-refractivity contribution in [1.29, 1.82) is 0 Å². The molecule has 2 aromatic rings. The average Bonchev–Trinajstić information content (AvgIpc) is 2.52. The molecular weight excluding hydrogens is 298 g/mol. The number of hydrogen-bond donors (Lipinski definition) is 1. The van der Waals surface area contributed by atoms with Crippen molar-refractivity contribution in [3.63, 3.8) is 0 Å². The van der Waals surface area contributed by atoms with E-state index >= 15 is 0 Å².